The molecule has 146 valence electrons. The number of aromatic nitrogens is 4. The highest BCUT2D eigenvalue weighted by Gasteiger charge is 2.21. The molecular weight excluding hydrogens is 390 g/mol. The van der Waals surface area contributed by atoms with Gasteiger partial charge in [0.2, 0.25) is 11.8 Å². The van der Waals surface area contributed by atoms with E-state index in [4.69, 9.17) is 16.0 Å². The third-order valence-corrected chi connectivity index (χ3v) is 4.55. The van der Waals surface area contributed by atoms with E-state index in [0.717, 1.165) is 6.42 Å². The lowest BCUT2D eigenvalue weighted by molar-refractivity contribution is -0.116. The number of H-pyrrole nitrogens is 1. The molecule has 0 bridgehead atoms. The van der Waals surface area contributed by atoms with Gasteiger partial charge in [0.05, 0.1) is 5.02 Å². The molecule has 8 heteroatoms. The summed E-state index contributed by atoms with van der Waals surface area (Å²) in [5.74, 6) is 1.81. The highest BCUT2D eigenvalue weighted by Crippen LogP contribution is 2.37. The summed E-state index contributed by atoms with van der Waals surface area (Å²) in [4.78, 5) is 28.1. The van der Waals surface area contributed by atoms with Crippen LogP contribution >= 0.6 is 11.6 Å². The van der Waals surface area contributed by atoms with E-state index in [1.807, 2.05) is 25.1 Å². The van der Waals surface area contributed by atoms with Crippen LogP contribution in [0.1, 0.15) is 19.8 Å². The minimum Gasteiger partial charge on any atom is -0.435 e. The first-order valence-electron chi connectivity index (χ1n) is 9.17. The zero-order valence-corrected chi connectivity index (χ0v) is 16.4. The van der Waals surface area contributed by atoms with Gasteiger partial charge in [-0.3, -0.25) is 4.79 Å². The molecule has 7 nitrogen and oxygen atoms in total. The first-order chi connectivity index (χ1) is 14.2. The molecule has 0 aliphatic rings. The lowest BCUT2D eigenvalue weighted by atomic mass is 10.1. The van der Waals surface area contributed by atoms with Gasteiger partial charge in [-0.25, -0.2) is 15.0 Å². The number of nitrogens with zero attached hydrogens (tertiary/aromatic N) is 3. The van der Waals surface area contributed by atoms with Crippen molar-refractivity contribution in [3.63, 3.8) is 0 Å². The Morgan fingerprint density at radius 2 is 2.07 bits per heavy atom. The van der Waals surface area contributed by atoms with Crippen LogP contribution in [-0.4, -0.2) is 25.8 Å². The number of nitrogens with one attached hydrogen (secondary N) is 2. The summed E-state index contributed by atoms with van der Waals surface area (Å²) in [6.07, 6.45) is 6.16. The fourth-order valence-electron chi connectivity index (χ4n) is 2.89. The van der Waals surface area contributed by atoms with E-state index in [-0.39, 0.29) is 5.91 Å². The van der Waals surface area contributed by atoms with Crippen LogP contribution in [0.3, 0.4) is 0 Å². The summed E-state index contributed by atoms with van der Waals surface area (Å²) in [5.41, 5.74) is 1.94. The van der Waals surface area contributed by atoms with Gasteiger partial charge in [-0.15, -0.1) is 0 Å². The van der Waals surface area contributed by atoms with E-state index in [1.165, 1.54) is 0 Å². The Morgan fingerprint density at radius 1 is 1.21 bits per heavy atom. The van der Waals surface area contributed by atoms with Crippen LogP contribution in [-0.2, 0) is 4.79 Å². The number of aromatic amines is 1. The molecule has 0 fully saturated rings. The van der Waals surface area contributed by atoms with Gasteiger partial charge in [0.25, 0.3) is 0 Å². The number of hydrogen-bond donors (Lipinski definition) is 2. The second kappa shape index (κ2) is 8.28. The number of imidazole rings is 1. The molecule has 2 N–H and O–H groups in total. The number of oxazole rings is 1. The largest absolute Gasteiger partial charge is 0.435 e. The first kappa shape index (κ1) is 18.9. The van der Waals surface area contributed by atoms with E-state index >= 15 is 0 Å². The summed E-state index contributed by atoms with van der Waals surface area (Å²) < 4.78 is 6.10. The summed E-state index contributed by atoms with van der Waals surface area (Å²) in [5, 5.41) is 3.33. The van der Waals surface area contributed by atoms with Gasteiger partial charge in [-0.2, -0.15) is 0 Å². The SMILES string of the molecule is CCCC(=O)Nc1cc(-c2nc(-c3ncc[nH]3)c(-c3ccccc3Cl)o2)ccn1. The number of carbonyl (C=O) groups excluding carboxylic acids is 1. The van der Waals surface area contributed by atoms with E-state index < -0.39 is 0 Å². The average Bonchev–Trinajstić information content (AvgIpc) is 3.38. The van der Waals surface area contributed by atoms with Crippen LogP contribution in [0.4, 0.5) is 5.82 Å². The Labute approximate surface area is 172 Å². The zero-order valence-electron chi connectivity index (χ0n) is 15.6. The minimum atomic E-state index is -0.0856. The molecule has 3 heterocycles. The van der Waals surface area contributed by atoms with Gasteiger partial charge < -0.3 is 14.7 Å². The van der Waals surface area contributed by atoms with E-state index in [1.54, 1.807) is 36.8 Å². The van der Waals surface area contributed by atoms with Crippen molar-refractivity contribution in [1.82, 2.24) is 19.9 Å². The molecule has 4 rings (SSSR count). The fraction of sp³-hybridized carbons (Fsp3) is 0.143. The maximum absolute atomic E-state index is 11.9. The van der Waals surface area contributed by atoms with Gasteiger partial charge in [0, 0.05) is 36.1 Å². The van der Waals surface area contributed by atoms with Crippen molar-refractivity contribution in [2.75, 3.05) is 5.32 Å². The van der Waals surface area contributed by atoms with Crippen LogP contribution in [0.25, 0.3) is 34.3 Å². The van der Waals surface area contributed by atoms with Gasteiger partial charge in [0.15, 0.2) is 17.3 Å². The number of benzene rings is 1. The number of carbonyl (C=O) groups is 1. The second-order valence-electron chi connectivity index (χ2n) is 6.34. The topological polar surface area (TPSA) is 96.7 Å². The maximum Gasteiger partial charge on any atom is 0.227 e. The Kier molecular flexibility index (Phi) is 5.39. The molecule has 0 atom stereocenters. The van der Waals surface area contributed by atoms with Crippen molar-refractivity contribution < 1.29 is 9.21 Å². The van der Waals surface area contributed by atoms with Crippen molar-refractivity contribution in [2.24, 2.45) is 0 Å². The van der Waals surface area contributed by atoms with Crippen LogP contribution < -0.4 is 5.32 Å². The Morgan fingerprint density at radius 3 is 2.83 bits per heavy atom. The monoisotopic (exact) mass is 407 g/mol. The molecular formula is C21H18ClN5O2. The van der Waals surface area contributed by atoms with Gasteiger partial charge in [-0.1, -0.05) is 30.7 Å². The van der Waals surface area contributed by atoms with Crippen LogP contribution in [0.5, 0.6) is 0 Å². The van der Waals surface area contributed by atoms with Gasteiger partial charge in [0.1, 0.15) is 5.82 Å². The molecule has 0 spiro atoms. The Hall–Kier alpha value is -3.45. The zero-order chi connectivity index (χ0) is 20.2. The number of rotatable bonds is 6. The standard InChI is InChI=1S/C21H18ClN5O2/c1-2-5-17(28)26-16-12-13(8-9-23-16)21-27-18(20-24-10-11-25-20)19(29-21)14-6-3-4-7-15(14)22/h3-4,6-12H,2,5H2,1H3,(H,24,25)(H,23,26,28). The molecule has 4 aromatic rings. The maximum atomic E-state index is 11.9. The second-order valence-corrected chi connectivity index (χ2v) is 6.75. The summed E-state index contributed by atoms with van der Waals surface area (Å²) >= 11 is 6.38. The number of halogens is 1. The molecule has 0 aliphatic heterocycles. The highest BCUT2D eigenvalue weighted by molar-refractivity contribution is 6.33. The lowest BCUT2D eigenvalue weighted by Gasteiger charge is -2.04. The number of hydrogen-bond acceptors (Lipinski definition) is 5. The predicted molar refractivity (Wildman–Crippen MR) is 111 cm³/mol. The summed E-state index contributed by atoms with van der Waals surface area (Å²) in [6, 6.07) is 10.9. The van der Waals surface area contributed by atoms with Crippen molar-refractivity contribution >= 4 is 23.3 Å². The average molecular weight is 408 g/mol. The van der Waals surface area contributed by atoms with E-state index in [0.29, 0.717) is 51.6 Å². The third kappa shape index (κ3) is 4.05. The molecule has 0 saturated heterocycles. The predicted octanol–water partition coefficient (Wildman–Crippen LogP) is 5.19. The number of amides is 1. The summed E-state index contributed by atoms with van der Waals surface area (Å²) in [6.45, 7) is 1.95. The third-order valence-electron chi connectivity index (χ3n) is 4.22. The lowest BCUT2D eigenvalue weighted by Crippen LogP contribution is -2.11. The normalized spacial score (nSPS) is 10.8. The number of anilines is 1. The van der Waals surface area contributed by atoms with Gasteiger partial charge >= 0.3 is 0 Å². The van der Waals surface area contributed by atoms with Crippen molar-refractivity contribution in [3.05, 3.63) is 60.0 Å². The first-order valence-corrected chi connectivity index (χ1v) is 9.55. The van der Waals surface area contributed by atoms with Crippen LogP contribution in [0, 0.1) is 0 Å². The molecule has 0 radical (unpaired) electrons. The van der Waals surface area contributed by atoms with Crippen LogP contribution in [0.2, 0.25) is 5.02 Å². The molecule has 0 unspecified atom stereocenters. The van der Waals surface area contributed by atoms with E-state index in [2.05, 4.69) is 25.3 Å². The minimum absolute atomic E-state index is 0.0856. The molecule has 1 amide bonds. The Bertz CT molecular complexity index is 1140. The van der Waals surface area contributed by atoms with E-state index in [9.17, 15) is 4.79 Å². The highest BCUT2D eigenvalue weighted by atomic mass is 35.5. The van der Waals surface area contributed by atoms with Crippen molar-refractivity contribution in [2.45, 2.75) is 19.8 Å². The van der Waals surface area contributed by atoms with Crippen molar-refractivity contribution in [3.8, 4) is 34.3 Å². The smallest absolute Gasteiger partial charge is 0.227 e. The Balaban J connectivity index is 1.77. The quantitative estimate of drug-likeness (QED) is 0.458. The number of pyridine rings is 1. The van der Waals surface area contributed by atoms with Gasteiger partial charge in [-0.05, 0) is 30.7 Å². The molecule has 29 heavy (non-hydrogen) atoms. The molecule has 0 aliphatic carbocycles. The molecule has 1 aromatic carbocycles. The van der Waals surface area contributed by atoms with Crippen LogP contribution in [0.15, 0.2) is 59.4 Å². The molecule has 0 saturated carbocycles. The van der Waals surface area contributed by atoms with Crippen molar-refractivity contribution in [1.29, 1.82) is 0 Å². The summed E-state index contributed by atoms with van der Waals surface area (Å²) in [7, 11) is 0. The molecule has 3 aromatic heterocycles. The fourth-order valence-corrected chi connectivity index (χ4v) is 3.11.